The van der Waals surface area contributed by atoms with E-state index in [0.717, 1.165) is 31.5 Å². The number of amides is 2. The molecule has 2 aliphatic rings. The number of fused-ring (bicyclic) bond motifs is 1. The molecule has 26 heavy (non-hydrogen) atoms. The molecule has 6 heteroatoms. The molecular formula is C20H24N4O2. The van der Waals surface area contributed by atoms with Crippen LogP contribution in [0.15, 0.2) is 36.9 Å². The van der Waals surface area contributed by atoms with Crippen LogP contribution in [0.2, 0.25) is 0 Å². The van der Waals surface area contributed by atoms with Crippen LogP contribution in [0.3, 0.4) is 0 Å². The van der Waals surface area contributed by atoms with Gasteiger partial charge in [0.2, 0.25) is 11.8 Å². The van der Waals surface area contributed by atoms with Crippen LogP contribution < -0.4 is 10.2 Å². The number of aromatic nitrogens is 2. The van der Waals surface area contributed by atoms with Crippen molar-refractivity contribution in [2.75, 3.05) is 18.0 Å². The molecule has 136 valence electrons. The maximum Gasteiger partial charge on any atom is 0.227 e. The molecule has 0 radical (unpaired) electrons. The molecule has 4 rings (SSSR count). The fraction of sp³-hybridized carbons (Fsp3) is 0.450. The van der Waals surface area contributed by atoms with Crippen molar-refractivity contribution in [1.29, 1.82) is 0 Å². The number of imidazole rings is 1. The second-order valence-corrected chi connectivity index (χ2v) is 7.16. The van der Waals surface area contributed by atoms with Gasteiger partial charge in [0.15, 0.2) is 0 Å². The van der Waals surface area contributed by atoms with Gasteiger partial charge in [-0.3, -0.25) is 9.59 Å². The Hall–Kier alpha value is -2.63. The van der Waals surface area contributed by atoms with Crippen LogP contribution in [0, 0.1) is 5.92 Å². The molecule has 1 saturated heterocycles. The highest BCUT2D eigenvalue weighted by Gasteiger charge is 2.35. The summed E-state index contributed by atoms with van der Waals surface area (Å²) in [5, 5.41) is 2.97. The summed E-state index contributed by atoms with van der Waals surface area (Å²) in [5.41, 5.74) is 3.68. The van der Waals surface area contributed by atoms with Crippen molar-refractivity contribution in [2.45, 2.75) is 38.6 Å². The summed E-state index contributed by atoms with van der Waals surface area (Å²) in [4.78, 5) is 30.6. The van der Waals surface area contributed by atoms with Gasteiger partial charge in [-0.05, 0) is 48.9 Å². The highest BCUT2D eigenvalue weighted by Crippen LogP contribution is 2.30. The smallest absolute Gasteiger partial charge is 0.227 e. The SMILES string of the molecule is O=C(NCCCn1ccnc1)C1CC(=O)N(c2ccc3c(c2)CCC3)C1. The molecule has 1 N–H and O–H groups in total. The Bertz CT molecular complexity index is 800. The van der Waals surface area contributed by atoms with Crippen molar-refractivity contribution in [3.05, 3.63) is 48.0 Å². The van der Waals surface area contributed by atoms with Gasteiger partial charge in [-0.25, -0.2) is 4.98 Å². The van der Waals surface area contributed by atoms with E-state index in [0.29, 0.717) is 19.5 Å². The molecule has 1 atom stereocenters. The summed E-state index contributed by atoms with van der Waals surface area (Å²) >= 11 is 0. The predicted molar refractivity (Wildman–Crippen MR) is 98.8 cm³/mol. The van der Waals surface area contributed by atoms with Crippen molar-refractivity contribution in [2.24, 2.45) is 5.92 Å². The third-order valence-corrected chi connectivity index (χ3v) is 5.34. The van der Waals surface area contributed by atoms with E-state index in [1.807, 2.05) is 16.8 Å². The summed E-state index contributed by atoms with van der Waals surface area (Å²) in [6.45, 7) is 1.91. The van der Waals surface area contributed by atoms with E-state index in [9.17, 15) is 9.59 Å². The Morgan fingerprint density at radius 1 is 1.27 bits per heavy atom. The minimum atomic E-state index is -0.260. The molecule has 6 nitrogen and oxygen atoms in total. The Morgan fingerprint density at radius 3 is 3.00 bits per heavy atom. The zero-order valence-corrected chi connectivity index (χ0v) is 14.9. The topological polar surface area (TPSA) is 67.2 Å². The summed E-state index contributed by atoms with van der Waals surface area (Å²) in [7, 11) is 0. The Balaban J connectivity index is 1.30. The first-order valence-electron chi connectivity index (χ1n) is 9.36. The molecule has 1 aromatic heterocycles. The fourth-order valence-corrected chi connectivity index (χ4v) is 3.90. The zero-order valence-electron chi connectivity index (χ0n) is 14.9. The number of nitrogens with zero attached hydrogens (tertiary/aromatic N) is 3. The summed E-state index contributed by atoms with van der Waals surface area (Å²) in [6, 6.07) is 6.29. The minimum absolute atomic E-state index is 0.0207. The van der Waals surface area contributed by atoms with E-state index in [2.05, 4.69) is 22.4 Å². The van der Waals surface area contributed by atoms with E-state index >= 15 is 0 Å². The summed E-state index contributed by atoms with van der Waals surface area (Å²) in [6.07, 6.45) is 9.98. The third-order valence-electron chi connectivity index (χ3n) is 5.34. The third kappa shape index (κ3) is 3.49. The van der Waals surface area contributed by atoms with E-state index in [1.165, 1.54) is 17.5 Å². The van der Waals surface area contributed by atoms with Crippen molar-refractivity contribution in [3.8, 4) is 0 Å². The molecule has 1 aliphatic carbocycles. The lowest BCUT2D eigenvalue weighted by Crippen LogP contribution is -2.33. The first-order valence-corrected chi connectivity index (χ1v) is 9.36. The second-order valence-electron chi connectivity index (χ2n) is 7.16. The highest BCUT2D eigenvalue weighted by molar-refractivity contribution is 6.00. The Labute approximate surface area is 153 Å². The number of hydrogen-bond acceptors (Lipinski definition) is 3. The number of carbonyl (C=O) groups is 2. The maximum atomic E-state index is 12.4. The van der Waals surface area contributed by atoms with E-state index < -0.39 is 0 Å². The number of hydrogen-bond donors (Lipinski definition) is 1. The van der Waals surface area contributed by atoms with Crippen molar-refractivity contribution >= 4 is 17.5 Å². The van der Waals surface area contributed by atoms with E-state index in [4.69, 9.17) is 0 Å². The predicted octanol–water partition coefficient (Wildman–Crippen LogP) is 1.93. The molecule has 2 amide bonds. The summed E-state index contributed by atoms with van der Waals surface area (Å²) in [5.74, 6) is -0.238. The maximum absolute atomic E-state index is 12.4. The number of anilines is 1. The molecule has 1 unspecified atom stereocenters. The van der Waals surface area contributed by atoms with Gasteiger partial charge < -0.3 is 14.8 Å². The molecule has 1 fully saturated rings. The Kier molecular flexibility index (Phi) is 4.73. The first-order chi connectivity index (χ1) is 12.7. The van der Waals surface area contributed by atoms with Crippen LogP contribution in [-0.4, -0.2) is 34.5 Å². The molecule has 2 aromatic rings. The number of benzene rings is 1. The monoisotopic (exact) mass is 352 g/mol. The lowest BCUT2D eigenvalue weighted by atomic mass is 10.1. The molecule has 0 saturated carbocycles. The van der Waals surface area contributed by atoms with Crippen LogP contribution in [0.4, 0.5) is 5.69 Å². The van der Waals surface area contributed by atoms with Gasteiger partial charge in [0.05, 0.1) is 12.2 Å². The zero-order chi connectivity index (χ0) is 17.9. The van der Waals surface area contributed by atoms with Crippen LogP contribution in [-0.2, 0) is 29.0 Å². The average Bonchev–Trinajstić information content (AvgIpc) is 3.38. The standard InChI is InChI=1S/C20H24N4O2/c25-19-12-17(20(26)22-7-2-9-23-10-8-21-14-23)13-24(19)18-6-5-15-3-1-4-16(15)11-18/h5-6,8,10-11,14,17H,1-4,7,9,12-13H2,(H,22,26). The second kappa shape index (κ2) is 7.32. The van der Waals surface area contributed by atoms with Crippen molar-refractivity contribution < 1.29 is 9.59 Å². The molecule has 2 heterocycles. The van der Waals surface area contributed by atoms with Crippen LogP contribution in [0.25, 0.3) is 0 Å². The van der Waals surface area contributed by atoms with Crippen LogP contribution in [0.5, 0.6) is 0 Å². The highest BCUT2D eigenvalue weighted by atomic mass is 16.2. The summed E-state index contributed by atoms with van der Waals surface area (Å²) < 4.78 is 1.99. The lowest BCUT2D eigenvalue weighted by molar-refractivity contribution is -0.126. The van der Waals surface area contributed by atoms with Gasteiger partial charge in [0.25, 0.3) is 0 Å². The largest absolute Gasteiger partial charge is 0.356 e. The number of rotatable bonds is 6. The van der Waals surface area contributed by atoms with Crippen molar-refractivity contribution in [1.82, 2.24) is 14.9 Å². The minimum Gasteiger partial charge on any atom is -0.356 e. The van der Waals surface area contributed by atoms with Crippen molar-refractivity contribution in [3.63, 3.8) is 0 Å². The molecule has 0 spiro atoms. The molecule has 1 aromatic carbocycles. The molecule has 1 aliphatic heterocycles. The van der Waals surface area contributed by atoms with Gasteiger partial charge in [-0.15, -0.1) is 0 Å². The lowest BCUT2D eigenvalue weighted by Gasteiger charge is -2.18. The van der Waals surface area contributed by atoms with E-state index in [1.54, 1.807) is 17.4 Å². The first kappa shape index (κ1) is 16.8. The molecule has 0 bridgehead atoms. The average molecular weight is 352 g/mol. The van der Waals surface area contributed by atoms with Gasteiger partial charge in [-0.2, -0.15) is 0 Å². The quantitative estimate of drug-likeness (QED) is 0.808. The van der Waals surface area contributed by atoms with Crippen LogP contribution >= 0.6 is 0 Å². The van der Waals surface area contributed by atoms with Crippen LogP contribution in [0.1, 0.15) is 30.4 Å². The Morgan fingerprint density at radius 2 is 2.15 bits per heavy atom. The van der Waals surface area contributed by atoms with Gasteiger partial charge in [-0.1, -0.05) is 6.07 Å². The number of carbonyl (C=O) groups excluding carboxylic acids is 2. The fourth-order valence-electron chi connectivity index (χ4n) is 3.90. The van der Waals surface area contributed by atoms with E-state index in [-0.39, 0.29) is 17.7 Å². The number of nitrogens with one attached hydrogen (secondary N) is 1. The molecular weight excluding hydrogens is 328 g/mol. The number of aryl methyl sites for hydroxylation is 3. The van der Waals surface area contributed by atoms with Gasteiger partial charge in [0, 0.05) is 44.1 Å². The normalized spacial score (nSPS) is 19.0. The van der Waals surface area contributed by atoms with Gasteiger partial charge in [0.1, 0.15) is 0 Å². The van der Waals surface area contributed by atoms with Gasteiger partial charge >= 0.3 is 0 Å².